The number of likely N-dealkylation sites (N-methyl/N-ethyl adjacent to an activating group) is 1. The summed E-state index contributed by atoms with van der Waals surface area (Å²) in [6.07, 6.45) is 2.13. The minimum absolute atomic E-state index is 0.257. The van der Waals surface area contributed by atoms with E-state index in [1.165, 1.54) is 12.1 Å². The van der Waals surface area contributed by atoms with E-state index in [4.69, 9.17) is 17.3 Å². The molecule has 0 aliphatic heterocycles. The van der Waals surface area contributed by atoms with Crippen LogP contribution in [0.4, 0.5) is 4.39 Å². The third-order valence-corrected chi connectivity index (χ3v) is 3.58. The van der Waals surface area contributed by atoms with Gasteiger partial charge in [-0.1, -0.05) is 23.7 Å². The highest BCUT2D eigenvalue weighted by Crippen LogP contribution is 2.24. The Balaban J connectivity index is 2.14. The lowest BCUT2D eigenvalue weighted by Crippen LogP contribution is -2.24. The molecule has 2 rings (SSSR count). The molecule has 0 spiro atoms. The minimum atomic E-state index is -0.316. The second kappa shape index (κ2) is 7.02. The Morgan fingerprint density at radius 1 is 1.43 bits per heavy atom. The predicted molar refractivity (Wildman–Crippen MR) is 82.8 cm³/mol. The molecule has 1 atom stereocenters. The number of halogens is 2. The van der Waals surface area contributed by atoms with Crippen molar-refractivity contribution in [3.63, 3.8) is 0 Å². The van der Waals surface area contributed by atoms with Gasteiger partial charge in [0.2, 0.25) is 0 Å². The van der Waals surface area contributed by atoms with E-state index < -0.39 is 0 Å². The molecule has 4 nitrogen and oxygen atoms in total. The van der Waals surface area contributed by atoms with Gasteiger partial charge in [0.25, 0.3) is 0 Å². The van der Waals surface area contributed by atoms with Crippen LogP contribution in [0.2, 0.25) is 5.02 Å². The highest BCUT2D eigenvalue weighted by atomic mass is 35.5. The van der Waals surface area contributed by atoms with E-state index in [-0.39, 0.29) is 11.9 Å². The normalized spacial score (nSPS) is 12.9. The summed E-state index contributed by atoms with van der Waals surface area (Å²) in [7, 11) is 3.99. The summed E-state index contributed by atoms with van der Waals surface area (Å²) < 4.78 is 15.1. The quantitative estimate of drug-likeness (QED) is 0.891. The van der Waals surface area contributed by atoms with Crippen LogP contribution in [0.5, 0.6) is 0 Å². The summed E-state index contributed by atoms with van der Waals surface area (Å²) in [5.74, 6) is -0.257. The van der Waals surface area contributed by atoms with Crippen molar-refractivity contribution in [3.05, 3.63) is 52.6 Å². The van der Waals surface area contributed by atoms with Crippen LogP contribution < -0.4 is 5.73 Å². The summed E-state index contributed by atoms with van der Waals surface area (Å²) >= 11 is 6.20. The highest BCUT2D eigenvalue weighted by molar-refractivity contribution is 6.31. The minimum Gasteiger partial charge on any atom is -0.322 e. The molecular weight excluding hydrogens is 291 g/mol. The van der Waals surface area contributed by atoms with Gasteiger partial charge < -0.3 is 10.6 Å². The lowest BCUT2D eigenvalue weighted by molar-refractivity contribution is 0.366. The first-order valence-electron chi connectivity index (χ1n) is 6.83. The first kappa shape index (κ1) is 15.9. The second-order valence-corrected chi connectivity index (χ2v) is 5.75. The van der Waals surface area contributed by atoms with Crippen molar-refractivity contribution in [1.82, 2.24) is 14.7 Å². The van der Waals surface area contributed by atoms with E-state index >= 15 is 0 Å². The van der Waals surface area contributed by atoms with E-state index in [2.05, 4.69) is 10.00 Å². The highest BCUT2D eigenvalue weighted by Gasteiger charge is 2.17. The zero-order chi connectivity index (χ0) is 15.4. The van der Waals surface area contributed by atoms with E-state index in [9.17, 15) is 4.39 Å². The fraction of sp³-hybridized carbons (Fsp3) is 0.400. The van der Waals surface area contributed by atoms with Crippen LogP contribution in [-0.2, 0) is 13.0 Å². The number of nitrogens with zero attached hydrogens (tertiary/aromatic N) is 3. The van der Waals surface area contributed by atoms with Crippen molar-refractivity contribution in [1.29, 1.82) is 0 Å². The standard InChI is InChI=1S/C15H20ClFN4/c1-20(2)6-7-21-15(13(16)10-19-21)14(18)9-11-4-3-5-12(17)8-11/h3-5,8,10,14H,6-7,9,18H2,1-2H3. The van der Waals surface area contributed by atoms with Gasteiger partial charge in [0.15, 0.2) is 0 Å². The molecule has 2 N–H and O–H groups in total. The first-order chi connectivity index (χ1) is 9.97. The largest absolute Gasteiger partial charge is 0.322 e. The van der Waals surface area contributed by atoms with Crippen molar-refractivity contribution in [2.45, 2.75) is 19.0 Å². The SMILES string of the molecule is CN(C)CCn1ncc(Cl)c1C(N)Cc1cccc(F)c1. The first-order valence-corrected chi connectivity index (χ1v) is 7.21. The van der Waals surface area contributed by atoms with Crippen molar-refractivity contribution < 1.29 is 4.39 Å². The van der Waals surface area contributed by atoms with Crippen LogP contribution in [0.15, 0.2) is 30.5 Å². The molecule has 1 heterocycles. The van der Waals surface area contributed by atoms with Gasteiger partial charge in [-0.05, 0) is 38.2 Å². The van der Waals surface area contributed by atoms with Crippen molar-refractivity contribution in [2.75, 3.05) is 20.6 Å². The maximum absolute atomic E-state index is 13.2. The molecule has 6 heteroatoms. The van der Waals surface area contributed by atoms with Crippen LogP contribution in [0.1, 0.15) is 17.3 Å². The van der Waals surface area contributed by atoms with Gasteiger partial charge in [-0.3, -0.25) is 4.68 Å². The second-order valence-electron chi connectivity index (χ2n) is 5.34. The lowest BCUT2D eigenvalue weighted by atomic mass is 10.0. The Morgan fingerprint density at radius 3 is 2.86 bits per heavy atom. The fourth-order valence-corrected chi connectivity index (χ4v) is 2.51. The molecule has 0 fully saturated rings. The Bertz CT molecular complexity index is 597. The van der Waals surface area contributed by atoms with Crippen LogP contribution >= 0.6 is 11.6 Å². The molecule has 0 saturated heterocycles. The molecule has 1 aromatic carbocycles. The summed E-state index contributed by atoms with van der Waals surface area (Å²) in [5, 5.41) is 4.83. The van der Waals surface area contributed by atoms with Crippen LogP contribution in [0.3, 0.4) is 0 Å². The molecule has 1 aromatic heterocycles. The third-order valence-electron chi connectivity index (χ3n) is 3.29. The molecule has 0 radical (unpaired) electrons. The number of aromatic nitrogens is 2. The van der Waals surface area contributed by atoms with Gasteiger partial charge in [0.1, 0.15) is 5.82 Å². The van der Waals surface area contributed by atoms with Gasteiger partial charge in [-0.2, -0.15) is 5.10 Å². The predicted octanol–water partition coefficient (Wildman–Crippen LogP) is 2.48. The lowest BCUT2D eigenvalue weighted by Gasteiger charge is -2.17. The summed E-state index contributed by atoms with van der Waals surface area (Å²) in [5.41, 5.74) is 7.89. The number of benzene rings is 1. The average Bonchev–Trinajstić information content (AvgIpc) is 2.77. The third kappa shape index (κ3) is 4.27. The Kier molecular flexibility index (Phi) is 5.33. The van der Waals surface area contributed by atoms with Crippen molar-refractivity contribution in [3.8, 4) is 0 Å². The monoisotopic (exact) mass is 310 g/mol. The van der Waals surface area contributed by atoms with E-state index in [1.807, 2.05) is 24.8 Å². The Labute approximate surface area is 129 Å². The van der Waals surface area contributed by atoms with E-state index in [0.29, 0.717) is 18.0 Å². The fourth-order valence-electron chi connectivity index (χ4n) is 2.23. The zero-order valence-electron chi connectivity index (χ0n) is 12.3. The van der Waals surface area contributed by atoms with Gasteiger partial charge >= 0.3 is 0 Å². The number of nitrogens with two attached hydrogens (primary N) is 1. The molecule has 2 aromatic rings. The smallest absolute Gasteiger partial charge is 0.123 e. The average molecular weight is 311 g/mol. The number of rotatable bonds is 6. The number of hydrogen-bond donors (Lipinski definition) is 1. The molecule has 0 aliphatic rings. The molecule has 0 aliphatic carbocycles. The summed E-state index contributed by atoms with van der Waals surface area (Å²) in [6, 6.07) is 6.14. The number of hydrogen-bond acceptors (Lipinski definition) is 3. The zero-order valence-corrected chi connectivity index (χ0v) is 13.0. The van der Waals surface area contributed by atoms with E-state index in [1.54, 1.807) is 12.3 Å². The maximum atomic E-state index is 13.2. The van der Waals surface area contributed by atoms with Crippen molar-refractivity contribution in [2.24, 2.45) is 5.73 Å². The van der Waals surface area contributed by atoms with Crippen LogP contribution in [0.25, 0.3) is 0 Å². The summed E-state index contributed by atoms with van der Waals surface area (Å²) in [6.45, 7) is 1.56. The maximum Gasteiger partial charge on any atom is 0.123 e. The molecule has 114 valence electrons. The van der Waals surface area contributed by atoms with Crippen molar-refractivity contribution >= 4 is 11.6 Å². The molecule has 0 saturated carbocycles. The molecule has 1 unspecified atom stereocenters. The molecule has 0 bridgehead atoms. The summed E-state index contributed by atoms with van der Waals surface area (Å²) in [4.78, 5) is 2.07. The van der Waals surface area contributed by atoms with E-state index in [0.717, 1.165) is 17.8 Å². The van der Waals surface area contributed by atoms with Crippen LogP contribution in [0, 0.1) is 5.82 Å². The molecular formula is C15H20ClFN4. The molecule has 0 amide bonds. The molecule has 21 heavy (non-hydrogen) atoms. The Hall–Kier alpha value is -1.43. The van der Waals surface area contributed by atoms with Crippen LogP contribution in [-0.4, -0.2) is 35.3 Å². The van der Waals surface area contributed by atoms with Gasteiger partial charge in [-0.15, -0.1) is 0 Å². The van der Waals surface area contributed by atoms with Gasteiger partial charge in [0.05, 0.1) is 29.5 Å². The van der Waals surface area contributed by atoms with Gasteiger partial charge in [-0.25, -0.2) is 4.39 Å². The topological polar surface area (TPSA) is 47.1 Å². The Morgan fingerprint density at radius 2 is 2.19 bits per heavy atom. The van der Waals surface area contributed by atoms with Gasteiger partial charge in [0, 0.05) is 6.54 Å².